The number of esters is 1. The van der Waals surface area contributed by atoms with Crippen molar-refractivity contribution in [1.29, 1.82) is 0 Å². The van der Waals surface area contributed by atoms with E-state index in [0.717, 1.165) is 32.8 Å². The van der Waals surface area contributed by atoms with E-state index >= 15 is 0 Å². The maximum absolute atomic E-state index is 12.8. The van der Waals surface area contributed by atoms with Gasteiger partial charge >= 0.3 is 5.97 Å². The van der Waals surface area contributed by atoms with Gasteiger partial charge in [-0.3, -0.25) is 0 Å². The van der Waals surface area contributed by atoms with Crippen LogP contribution in [-0.4, -0.2) is 51.5 Å². The van der Waals surface area contributed by atoms with Crippen LogP contribution >= 0.6 is 0 Å². The van der Waals surface area contributed by atoms with Crippen LogP contribution in [0.4, 0.5) is 0 Å². The summed E-state index contributed by atoms with van der Waals surface area (Å²) in [5.41, 5.74) is 4.28. The highest BCUT2D eigenvalue weighted by Gasteiger charge is 2.35. The van der Waals surface area contributed by atoms with Gasteiger partial charge in [0.2, 0.25) is 0 Å². The van der Waals surface area contributed by atoms with E-state index in [1.165, 1.54) is 0 Å². The van der Waals surface area contributed by atoms with Gasteiger partial charge in [0.15, 0.2) is 11.5 Å². The van der Waals surface area contributed by atoms with E-state index in [2.05, 4.69) is 15.0 Å². The quantitative estimate of drug-likeness (QED) is 0.451. The summed E-state index contributed by atoms with van der Waals surface area (Å²) < 4.78 is 22.6. The zero-order chi connectivity index (χ0) is 22.6. The molecule has 32 heavy (non-hydrogen) atoms. The lowest BCUT2D eigenvalue weighted by molar-refractivity contribution is -0.139. The molecule has 0 amide bonds. The van der Waals surface area contributed by atoms with E-state index in [4.69, 9.17) is 23.9 Å². The number of methoxy groups -OCH3 is 1. The molecule has 168 valence electrons. The van der Waals surface area contributed by atoms with E-state index in [1.807, 2.05) is 39.8 Å². The molecule has 9 nitrogen and oxygen atoms in total. The normalized spacial score (nSPS) is 18.4. The maximum Gasteiger partial charge on any atom is 0.357 e. The van der Waals surface area contributed by atoms with Crippen molar-refractivity contribution >= 4 is 38.8 Å². The minimum absolute atomic E-state index is 0.213. The smallest absolute Gasteiger partial charge is 0.357 e. The van der Waals surface area contributed by atoms with Crippen LogP contribution in [0.3, 0.4) is 0 Å². The molecular weight excluding hydrogens is 412 g/mol. The number of aromatic nitrogens is 4. The lowest BCUT2D eigenvalue weighted by atomic mass is 10.0. The number of imidazole rings is 1. The fourth-order valence-corrected chi connectivity index (χ4v) is 4.24. The summed E-state index contributed by atoms with van der Waals surface area (Å²) in [4.78, 5) is 28.7. The minimum Gasteiger partial charge on any atom is -0.458 e. The number of aromatic amines is 2. The van der Waals surface area contributed by atoms with Gasteiger partial charge in [0, 0.05) is 29.0 Å². The zero-order valence-electron chi connectivity index (χ0n) is 18.7. The van der Waals surface area contributed by atoms with Crippen LogP contribution in [0, 0.1) is 0 Å². The summed E-state index contributed by atoms with van der Waals surface area (Å²) in [5, 5.41) is 1.78. The molecule has 1 atom stereocenters. The molecule has 0 spiro atoms. The van der Waals surface area contributed by atoms with Gasteiger partial charge in [-0.25, -0.2) is 14.8 Å². The minimum atomic E-state index is -0.650. The largest absolute Gasteiger partial charge is 0.458 e. The highest BCUT2D eigenvalue weighted by molar-refractivity contribution is 6.20. The van der Waals surface area contributed by atoms with Crippen molar-refractivity contribution in [2.45, 2.75) is 52.3 Å². The number of nitrogens with one attached hydrogen (secondary N) is 2. The summed E-state index contributed by atoms with van der Waals surface area (Å²) in [5.74, 6) is -0.420. The Morgan fingerprint density at radius 2 is 2.06 bits per heavy atom. The summed E-state index contributed by atoms with van der Waals surface area (Å²) >= 11 is 0. The van der Waals surface area contributed by atoms with Gasteiger partial charge in [0.25, 0.3) is 0 Å². The van der Waals surface area contributed by atoms with Crippen LogP contribution in [0.2, 0.25) is 0 Å². The SMILES string of the molecule is COCc1c(C(=O)OC(C)C)ncc2[nH]c3ccc4nc(C5COC(C)(C)O5)[nH]c4c3c12. The molecule has 0 radical (unpaired) electrons. The third-order valence-electron chi connectivity index (χ3n) is 5.51. The molecule has 0 saturated carbocycles. The predicted octanol–water partition coefficient (Wildman–Crippen LogP) is 4.13. The Kier molecular flexibility index (Phi) is 4.92. The Hall–Kier alpha value is -3.01. The van der Waals surface area contributed by atoms with Crippen LogP contribution in [0.1, 0.15) is 55.7 Å². The number of nitrogens with zero attached hydrogens (tertiary/aromatic N) is 2. The van der Waals surface area contributed by atoms with Crippen molar-refractivity contribution in [3.05, 3.63) is 35.4 Å². The molecule has 1 unspecified atom stereocenters. The van der Waals surface area contributed by atoms with E-state index in [-0.39, 0.29) is 24.5 Å². The Morgan fingerprint density at radius 1 is 1.25 bits per heavy atom. The standard InChI is InChI=1S/C23H26N4O5/c1-11(2)31-22(28)19-12(9-29-5)17-15(8-24-19)25-13-6-7-14-20(18(13)17)27-21(26-14)16-10-30-23(3,4)32-16/h6-8,11,16,25H,9-10H2,1-5H3,(H,26,27). The number of benzene rings is 1. The predicted molar refractivity (Wildman–Crippen MR) is 118 cm³/mol. The van der Waals surface area contributed by atoms with Gasteiger partial charge in [-0.05, 0) is 39.8 Å². The molecule has 3 aromatic heterocycles. The summed E-state index contributed by atoms with van der Waals surface area (Å²) in [6.07, 6.45) is 1.12. The Bertz CT molecular complexity index is 1340. The van der Waals surface area contributed by atoms with Crippen LogP contribution in [0.25, 0.3) is 32.8 Å². The summed E-state index contributed by atoms with van der Waals surface area (Å²) in [6, 6.07) is 3.92. The van der Waals surface area contributed by atoms with Crippen molar-refractivity contribution in [2.75, 3.05) is 13.7 Å². The third kappa shape index (κ3) is 3.42. The summed E-state index contributed by atoms with van der Waals surface area (Å²) in [6.45, 7) is 8.03. The van der Waals surface area contributed by atoms with Gasteiger partial charge < -0.3 is 28.9 Å². The first-order chi connectivity index (χ1) is 15.3. The second-order valence-electron chi connectivity index (χ2n) is 8.71. The van der Waals surface area contributed by atoms with Crippen molar-refractivity contribution in [3.8, 4) is 0 Å². The average Bonchev–Trinajstić information content (AvgIpc) is 3.41. The van der Waals surface area contributed by atoms with Crippen LogP contribution < -0.4 is 0 Å². The third-order valence-corrected chi connectivity index (χ3v) is 5.51. The first-order valence-corrected chi connectivity index (χ1v) is 10.6. The molecule has 1 aliphatic heterocycles. The fraction of sp³-hybridized carbons (Fsp3) is 0.435. The second-order valence-corrected chi connectivity index (χ2v) is 8.71. The van der Waals surface area contributed by atoms with Gasteiger partial charge in [-0.15, -0.1) is 0 Å². The molecule has 0 bridgehead atoms. The topological polar surface area (TPSA) is 111 Å². The monoisotopic (exact) mass is 438 g/mol. The number of ether oxygens (including phenoxy) is 4. The molecule has 0 aliphatic carbocycles. The number of carbonyl (C=O) groups excluding carboxylic acids is 1. The first kappa shape index (κ1) is 20.9. The molecule has 9 heteroatoms. The molecular formula is C23H26N4O5. The molecule has 1 fully saturated rings. The molecule has 1 saturated heterocycles. The number of pyridine rings is 1. The van der Waals surface area contributed by atoms with E-state index in [0.29, 0.717) is 18.0 Å². The Labute approximate surface area is 184 Å². The molecule has 4 aromatic rings. The number of rotatable bonds is 5. The zero-order valence-corrected chi connectivity index (χ0v) is 18.7. The van der Waals surface area contributed by atoms with Gasteiger partial charge in [0.1, 0.15) is 11.9 Å². The lowest BCUT2D eigenvalue weighted by Gasteiger charge is -2.15. The fourth-order valence-electron chi connectivity index (χ4n) is 4.24. The molecule has 5 rings (SSSR count). The number of carbonyl (C=O) groups is 1. The van der Waals surface area contributed by atoms with Crippen LogP contribution in [-0.2, 0) is 25.6 Å². The Balaban J connectivity index is 1.74. The average molecular weight is 438 g/mol. The van der Waals surface area contributed by atoms with Gasteiger partial charge in [-0.1, -0.05) is 0 Å². The van der Waals surface area contributed by atoms with Crippen LogP contribution in [0.5, 0.6) is 0 Å². The van der Waals surface area contributed by atoms with Crippen molar-refractivity contribution < 1.29 is 23.7 Å². The van der Waals surface area contributed by atoms with Crippen molar-refractivity contribution in [2.24, 2.45) is 0 Å². The molecule has 2 N–H and O–H groups in total. The number of fused-ring (bicyclic) bond motifs is 5. The summed E-state index contributed by atoms with van der Waals surface area (Å²) in [7, 11) is 1.59. The lowest BCUT2D eigenvalue weighted by Crippen LogP contribution is -2.19. The van der Waals surface area contributed by atoms with Gasteiger partial charge in [-0.2, -0.15) is 0 Å². The Morgan fingerprint density at radius 3 is 2.75 bits per heavy atom. The second kappa shape index (κ2) is 7.54. The highest BCUT2D eigenvalue weighted by Crippen LogP contribution is 2.37. The molecule has 1 aromatic carbocycles. The van der Waals surface area contributed by atoms with E-state index in [1.54, 1.807) is 13.3 Å². The number of hydrogen-bond acceptors (Lipinski definition) is 7. The van der Waals surface area contributed by atoms with E-state index in [9.17, 15) is 4.79 Å². The highest BCUT2D eigenvalue weighted by atomic mass is 16.7. The maximum atomic E-state index is 12.8. The van der Waals surface area contributed by atoms with Crippen molar-refractivity contribution in [3.63, 3.8) is 0 Å². The first-order valence-electron chi connectivity index (χ1n) is 10.6. The number of hydrogen-bond donors (Lipinski definition) is 2. The molecule has 4 heterocycles. The molecule has 1 aliphatic rings. The van der Waals surface area contributed by atoms with Gasteiger partial charge in [0.05, 0.1) is 42.1 Å². The van der Waals surface area contributed by atoms with E-state index < -0.39 is 11.8 Å². The van der Waals surface area contributed by atoms with Crippen molar-refractivity contribution in [1.82, 2.24) is 19.9 Å². The number of H-pyrrole nitrogens is 2. The van der Waals surface area contributed by atoms with Crippen LogP contribution in [0.15, 0.2) is 18.3 Å².